The van der Waals surface area contributed by atoms with Gasteiger partial charge in [-0.05, 0) is 33.7 Å². The van der Waals surface area contributed by atoms with Gasteiger partial charge in [0.05, 0.1) is 12.2 Å². The van der Waals surface area contributed by atoms with E-state index in [9.17, 15) is 0 Å². The molecule has 4 heteroatoms. The molecule has 0 unspecified atom stereocenters. The van der Waals surface area contributed by atoms with E-state index in [1.807, 2.05) is 13.2 Å². The van der Waals surface area contributed by atoms with Crippen LogP contribution in [-0.4, -0.2) is 40.9 Å². The third-order valence-electron chi connectivity index (χ3n) is 3.64. The second-order valence-electron chi connectivity index (χ2n) is 5.22. The summed E-state index contributed by atoms with van der Waals surface area (Å²) in [5.74, 6) is 0. The lowest BCUT2D eigenvalue weighted by molar-refractivity contribution is 0.147. The molecule has 0 radical (unpaired) electrons. The molecule has 4 nitrogen and oxygen atoms in total. The van der Waals surface area contributed by atoms with Crippen LogP contribution in [0.1, 0.15) is 38.3 Å². The predicted octanol–water partition coefficient (Wildman–Crippen LogP) is 1.65. The van der Waals surface area contributed by atoms with Gasteiger partial charge in [0, 0.05) is 37.4 Å². The summed E-state index contributed by atoms with van der Waals surface area (Å²) >= 11 is 0. The van der Waals surface area contributed by atoms with Gasteiger partial charge in [-0.25, -0.2) is 0 Å². The van der Waals surface area contributed by atoms with Gasteiger partial charge in [-0.3, -0.25) is 4.68 Å². The van der Waals surface area contributed by atoms with E-state index >= 15 is 0 Å². The summed E-state index contributed by atoms with van der Waals surface area (Å²) in [6.07, 6.45) is 6.61. The van der Waals surface area contributed by atoms with E-state index < -0.39 is 0 Å². The van der Waals surface area contributed by atoms with E-state index in [0.29, 0.717) is 12.1 Å². The lowest BCUT2D eigenvalue weighted by Gasteiger charge is -2.34. The first kappa shape index (κ1) is 12.6. The Hall–Kier alpha value is -0.870. The molecule has 0 atom stereocenters. The van der Waals surface area contributed by atoms with E-state index in [0.717, 1.165) is 6.54 Å². The zero-order valence-corrected chi connectivity index (χ0v) is 11.2. The molecule has 17 heavy (non-hydrogen) atoms. The van der Waals surface area contributed by atoms with Crippen molar-refractivity contribution in [2.75, 3.05) is 20.1 Å². The molecular formula is C13H24N4. The van der Waals surface area contributed by atoms with Gasteiger partial charge in [0.2, 0.25) is 0 Å². The van der Waals surface area contributed by atoms with Gasteiger partial charge in [0.15, 0.2) is 0 Å². The topological polar surface area (TPSA) is 33.1 Å². The van der Waals surface area contributed by atoms with Crippen LogP contribution < -0.4 is 5.32 Å². The molecule has 0 spiro atoms. The minimum Gasteiger partial charge on any atom is -0.316 e. The molecule has 1 aliphatic heterocycles. The summed E-state index contributed by atoms with van der Waals surface area (Å²) in [7, 11) is 1.97. The predicted molar refractivity (Wildman–Crippen MR) is 70.0 cm³/mol. The van der Waals surface area contributed by atoms with Crippen LogP contribution in [0, 0.1) is 0 Å². The minimum absolute atomic E-state index is 0.593. The summed E-state index contributed by atoms with van der Waals surface area (Å²) in [6, 6.07) is 1.27. The van der Waals surface area contributed by atoms with E-state index in [1.165, 1.54) is 31.5 Å². The second kappa shape index (κ2) is 5.65. The fraction of sp³-hybridized carbons (Fsp3) is 0.769. The normalized spacial score (nSPS) is 19.1. The molecule has 0 aliphatic carbocycles. The molecule has 1 fully saturated rings. The molecule has 0 bridgehead atoms. The summed E-state index contributed by atoms with van der Waals surface area (Å²) in [4.78, 5) is 2.55. The largest absolute Gasteiger partial charge is 0.316 e. The number of nitrogens with zero attached hydrogens (tertiary/aromatic N) is 3. The molecule has 0 saturated carbocycles. The molecule has 2 heterocycles. The smallest absolute Gasteiger partial charge is 0.0543 e. The van der Waals surface area contributed by atoms with Crippen LogP contribution in [0.25, 0.3) is 0 Å². The van der Waals surface area contributed by atoms with Crippen molar-refractivity contribution in [1.82, 2.24) is 20.0 Å². The van der Waals surface area contributed by atoms with Crippen molar-refractivity contribution < 1.29 is 0 Å². The van der Waals surface area contributed by atoms with Crippen molar-refractivity contribution in [3.05, 3.63) is 18.0 Å². The lowest BCUT2D eigenvalue weighted by atomic mass is 10.0. The number of piperidine rings is 1. The van der Waals surface area contributed by atoms with Crippen LogP contribution in [0.3, 0.4) is 0 Å². The highest BCUT2D eigenvalue weighted by Gasteiger charge is 2.22. The molecule has 0 amide bonds. The Kier molecular flexibility index (Phi) is 4.18. The van der Waals surface area contributed by atoms with E-state index in [2.05, 4.69) is 40.0 Å². The molecular weight excluding hydrogens is 212 g/mol. The Morgan fingerprint density at radius 1 is 1.41 bits per heavy atom. The Morgan fingerprint density at radius 2 is 2.12 bits per heavy atom. The number of likely N-dealkylation sites (tertiary alicyclic amines) is 1. The van der Waals surface area contributed by atoms with Gasteiger partial charge in [0.1, 0.15) is 0 Å². The summed E-state index contributed by atoms with van der Waals surface area (Å²) in [5, 5.41) is 7.65. The third kappa shape index (κ3) is 3.07. The van der Waals surface area contributed by atoms with Crippen LogP contribution in [0.15, 0.2) is 12.4 Å². The SMILES string of the molecule is CNCc1cnn(C2CCN(C(C)C)CC2)c1. The van der Waals surface area contributed by atoms with Crippen molar-refractivity contribution in [2.45, 2.75) is 45.3 Å². The van der Waals surface area contributed by atoms with Gasteiger partial charge in [-0.2, -0.15) is 5.10 Å². The third-order valence-corrected chi connectivity index (χ3v) is 3.64. The zero-order valence-electron chi connectivity index (χ0n) is 11.2. The maximum absolute atomic E-state index is 4.49. The van der Waals surface area contributed by atoms with Gasteiger partial charge in [0.25, 0.3) is 0 Å². The number of nitrogens with one attached hydrogen (secondary N) is 1. The Balaban J connectivity index is 1.91. The first-order valence-corrected chi connectivity index (χ1v) is 6.62. The van der Waals surface area contributed by atoms with Crippen molar-refractivity contribution in [3.8, 4) is 0 Å². The first-order chi connectivity index (χ1) is 8.20. The van der Waals surface area contributed by atoms with E-state index in [4.69, 9.17) is 0 Å². The van der Waals surface area contributed by atoms with Crippen LogP contribution in [0.5, 0.6) is 0 Å². The van der Waals surface area contributed by atoms with Crippen LogP contribution in [0.2, 0.25) is 0 Å². The maximum Gasteiger partial charge on any atom is 0.0543 e. The van der Waals surface area contributed by atoms with Crippen LogP contribution in [0.4, 0.5) is 0 Å². The molecule has 1 aromatic heterocycles. The molecule has 1 aromatic rings. The number of hydrogen-bond donors (Lipinski definition) is 1. The van der Waals surface area contributed by atoms with Crippen molar-refractivity contribution in [3.63, 3.8) is 0 Å². The van der Waals surface area contributed by atoms with Crippen LogP contribution >= 0.6 is 0 Å². The fourth-order valence-electron chi connectivity index (χ4n) is 2.54. The van der Waals surface area contributed by atoms with Gasteiger partial charge < -0.3 is 10.2 Å². The zero-order chi connectivity index (χ0) is 12.3. The monoisotopic (exact) mass is 236 g/mol. The Bertz CT molecular complexity index is 337. The molecule has 1 N–H and O–H groups in total. The van der Waals surface area contributed by atoms with Gasteiger partial charge >= 0.3 is 0 Å². The molecule has 96 valence electrons. The van der Waals surface area contributed by atoms with E-state index in [1.54, 1.807) is 0 Å². The van der Waals surface area contributed by atoms with E-state index in [-0.39, 0.29) is 0 Å². The molecule has 1 saturated heterocycles. The lowest BCUT2D eigenvalue weighted by Crippen LogP contribution is -2.39. The number of rotatable bonds is 4. The Labute approximate surface area is 104 Å². The van der Waals surface area contributed by atoms with Crippen molar-refractivity contribution in [2.24, 2.45) is 0 Å². The number of hydrogen-bond acceptors (Lipinski definition) is 3. The first-order valence-electron chi connectivity index (χ1n) is 6.62. The summed E-state index contributed by atoms with van der Waals surface area (Å²) in [6.45, 7) is 7.86. The number of aromatic nitrogens is 2. The average Bonchev–Trinajstić information content (AvgIpc) is 2.78. The molecule has 1 aliphatic rings. The highest BCUT2D eigenvalue weighted by atomic mass is 15.3. The summed E-state index contributed by atoms with van der Waals surface area (Å²) in [5.41, 5.74) is 1.28. The molecule has 0 aromatic carbocycles. The standard InChI is InChI=1S/C13H24N4/c1-11(2)16-6-4-13(5-7-16)17-10-12(8-14-3)9-15-17/h9-11,13-14H,4-8H2,1-3H3. The summed E-state index contributed by atoms with van der Waals surface area (Å²) < 4.78 is 2.16. The maximum atomic E-state index is 4.49. The van der Waals surface area contributed by atoms with Crippen LogP contribution in [-0.2, 0) is 6.54 Å². The Morgan fingerprint density at radius 3 is 2.71 bits per heavy atom. The second-order valence-corrected chi connectivity index (χ2v) is 5.22. The van der Waals surface area contributed by atoms with Gasteiger partial charge in [-0.15, -0.1) is 0 Å². The fourth-order valence-corrected chi connectivity index (χ4v) is 2.54. The van der Waals surface area contributed by atoms with Crippen molar-refractivity contribution >= 4 is 0 Å². The average molecular weight is 236 g/mol. The van der Waals surface area contributed by atoms with Crippen molar-refractivity contribution in [1.29, 1.82) is 0 Å². The highest BCUT2D eigenvalue weighted by molar-refractivity contribution is 5.04. The minimum atomic E-state index is 0.593. The highest BCUT2D eigenvalue weighted by Crippen LogP contribution is 2.23. The quantitative estimate of drug-likeness (QED) is 0.863. The molecule has 2 rings (SSSR count). The van der Waals surface area contributed by atoms with Gasteiger partial charge in [-0.1, -0.05) is 0 Å².